The van der Waals surface area contributed by atoms with Gasteiger partial charge in [0.25, 0.3) is 11.8 Å². The average Bonchev–Trinajstić information content (AvgIpc) is 2.98. The Labute approximate surface area is 248 Å². The number of halogens is 1. The number of nitrogens with one attached hydrogen (secondary N) is 3. The predicted molar refractivity (Wildman–Crippen MR) is 166 cm³/mol. The number of hydrogen-bond acceptors (Lipinski definition) is 5. The number of pyridine rings is 1. The number of anilines is 2. The van der Waals surface area contributed by atoms with Crippen molar-refractivity contribution in [2.24, 2.45) is 0 Å². The molecule has 0 atom stereocenters. The molecule has 0 radical (unpaired) electrons. The number of nitrogens with zero attached hydrogens (tertiary/aromatic N) is 1. The first-order valence-corrected chi connectivity index (χ1v) is 14.3. The number of aromatic nitrogens is 1. The monoisotopic (exact) mass is 584 g/mol. The highest BCUT2D eigenvalue weighted by Crippen LogP contribution is 2.23. The second-order valence-corrected chi connectivity index (χ2v) is 10.9. The summed E-state index contributed by atoms with van der Waals surface area (Å²) in [7, 11) is 0. The number of amides is 3. The lowest BCUT2D eigenvalue weighted by Gasteiger charge is -2.13. The maximum Gasteiger partial charge on any atom is 0.272 e. The Bertz CT molecular complexity index is 1540. The SMILES string of the molecule is CC(C)c1ccc(/C=C(/NC(=O)c2ccccc2)C(=O)Nc2cccc(SCC(=O)Nc3ccc(Cl)cn3)c2)cc1. The van der Waals surface area contributed by atoms with Crippen LogP contribution in [-0.2, 0) is 9.59 Å². The van der Waals surface area contributed by atoms with Crippen LogP contribution in [0.2, 0.25) is 5.02 Å². The molecule has 4 aromatic rings. The highest BCUT2D eigenvalue weighted by molar-refractivity contribution is 8.00. The topological polar surface area (TPSA) is 100 Å². The standard InChI is InChI=1S/C32H29ClN4O3S/c1-21(2)23-13-11-22(12-14-23)17-28(36-31(39)24-7-4-3-5-8-24)32(40)35-26-9-6-10-27(18-26)41-20-30(38)37-29-16-15-25(33)19-34-29/h3-19,21H,20H2,1-2H3,(H,35,40)(H,36,39)(H,34,37,38)/b28-17+. The molecule has 0 aliphatic heterocycles. The van der Waals surface area contributed by atoms with Gasteiger partial charge < -0.3 is 16.0 Å². The van der Waals surface area contributed by atoms with Crippen LogP contribution in [-0.4, -0.2) is 28.5 Å². The zero-order valence-electron chi connectivity index (χ0n) is 22.6. The summed E-state index contributed by atoms with van der Waals surface area (Å²) in [6, 6.07) is 27.0. The van der Waals surface area contributed by atoms with E-state index in [-0.39, 0.29) is 17.4 Å². The van der Waals surface area contributed by atoms with Gasteiger partial charge in [0, 0.05) is 22.3 Å². The predicted octanol–water partition coefficient (Wildman–Crippen LogP) is 7.00. The van der Waals surface area contributed by atoms with Crippen LogP contribution in [0.3, 0.4) is 0 Å². The number of benzene rings is 3. The minimum absolute atomic E-state index is 0.101. The van der Waals surface area contributed by atoms with Gasteiger partial charge in [-0.15, -0.1) is 11.8 Å². The Balaban J connectivity index is 1.46. The van der Waals surface area contributed by atoms with Gasteiger partial charge in [-0.25, -0.2) is 4.98 Å². The number of carbonyl (C=O) groups is 3. The molecule has 0 saturated heterocycles. The third kappa shape index (κ3) is 9.06. The number of carbonyl (C=O) groups excluding carboxylic acids is 3. The zero-order valence-corrected chi connectivity index (χ0v) is 24.1. The van der Waals surface area contributed by atoms with Crippen LogP contribution < -0.4 is 16.0 Å². The molecular weight excluding hydrogens is 556 g/mol. The van der Waals surface area contributed by atoms with Crippen LogP contribution in [0.4, 0.5) is 11.5 Å². The van der Waals surface area contributed by atoms with E-state index in [4.69, 9.17) is 11.6 Å². The van der Waals surface area contributed by atoms with Gasteiger partial charge in [-0.2, -0.15) is 0 Å². The molecule has 41 heavy (non-hydrogen) atoms. The largest absolute Gasteiger partial charge is 0.321 e. The Kier molecular flexibility index (Phi) is 10.3. The first-order valence-electron chi connectivity index (χ1n) is 12.9. The van der Waals surface area contributed by atoms with E-state index in [1.165, 1.54) is 23.5 Å². The molecule has 0 bridgehead atoms. The van der Waals surface area contributed by atoms with Gasteiger partial charge in [0.05, 0.1) is 10.8 Å². The van der Waals surface area contributed by atoms with Gasteiger partial charge >= 0.3 is 0 Å². The van der Waals surface area contributed by atoms with Crippen LogP contribution >= 0.6 is 23.4 Å². The van der Waals surface area contributed by atoms with Gasteiger partial charge in [-0.05, 0) is 65.6 Å². The lowest BCUT2D eigenvalue weighted by atomic mass is 10.0. The summed E-state index contributed by atoms with van der Waals surface area (Å²) in [6.07, 6.45) is 3.11. The summed E-state index contributed by atoms with van der Waals surface area (Å²) < 4.78 is 0. The fourth-order valence-corrected chi connectivity index (χ4v) is 4.59. The van der Waals surface area contributed by atoms with Crippen molar-refractivity contribution >= 4 is 58.7 Å². The van der Waals surface area contributed by atoms with Gasteiger partial charge in [0.1, 0.15) is 11.5 Å². The molecule has 208 valence electrons. The van der Waals surface area contributed by atoms with Crippen LogP contribution in [0.25, 0.3) is 6.08 Å². The smallest absolute Gasteiger partial charge is 0.272 e. The quantitative estimate of drug-likeness (QED) is 0.138. The third-order valence-corrected chi connectivity index (χ3v) is 7.12. The molecule has 3 N–H and O–H groups in total. The summed E-state index contributed by atoms with van der Waals surface area (Å²) in [5.41, 5.74) is 3.01. The van der Waals surface area contributed by atoms with Crippen molar-refractivity contribution in [3.8, 4) is 0 Å². The molecule has 0 saturated carbocycles. The van der Waals surface area contributed by atoms with Crippen molar-refractivity contribution in [1.82, 2.24) is 10.3 Å². The van der Waals surface area contributed by atoms with Crippen molar-refractivity contribution in [3.63, 3.8) is 0 Å². The average molecular weight is 585 g/mol. The van der Waals surface area contributed by atoms with E-state index in [1.807, 2.05) is 36.4 Å². The normalized spacial score (nSPS) is 11.2. The Hall–Kier alpha value is -4.40. The van der Waals surface area contributed by atoms with E-state index in [0.29, 0.717) is 28.0 Å². The van der Waals surface area contributed by atoms with Crippen molar-refractivity contribution in [1.29, 1.82) is 0 Å². The first-order chi connectivity index (χ1) is 19.8. The lowest BCUT2D eigenvalue weighted by molar-refractivity contribution is -0.114. The third-order valence-electron chi connectivity index (χ3n) is 5.90. The zero-order chi connectivity index (χ0) is 29.2. The van der Waals surface area contributed by atoms with E-state index < -0.39 is 11.8 Å². The van der Waals surface area contributed by atoms with Crippen LogP contribution in [0, 0.1) is 0 Å². The molecule has 9 heteroatoms. The molecule has 1 heterocycles. The minimum Gasteiger partial charge on any atom is -0.321 e. The van der Waals surface area contributed by atoms with Crippen LogP contribution in [0.1, 0.15) is 41.3 Å². The molecular formula is C32H29ClN4O3S. The second kappa shape index (κ2) is 14.3. The highest BCUT2D eigenvalue weighted by Gasteiger charge is 2.16. The van der Waals surface area contributed by atoms with Gasteiger partial charge in [-0.1, -0.05) is 74.0 Å². The van der Waals surface area contributed by atoms with Crippen molar-refractivity contribution in [2.45, 2.75) is 24.7 Å². The first kappa shape index (κ1) is 29.6. The molecule has 1 aromatic heterocycles. The number of thioether (sulfide) groups is 1. The van der Waals surface area contributed by atoms with Gasteiger partial charge in [0.2, 0.25) is 5.91 Å². The fourth-order valence-electron chi connectivity index (χ4n) is 3.73. The highest BCUT2D eigenvalue weighted by atomic mass is 35.5. The summed E-state index contributed by atoms with van der Waals surface area (Å²) in [5.74, 6) is -0.161. The van der Waals surface area contributed by atoms with E-state index in [1.54, 1.807) is 60.7 Å². The Morgan fingerprint density at radius 3 is 2.34 bits per heavy atom. The molecule has 3 amide bonds. The van der Waals surface area contributed by atoms with Gasteiger partial charge in [-0.3, -0.25) is 14.4 Å². The van der Waals surface area contributed by atoms with E-state index in [0.717, 1.165) is 10.5 Å². The van der Waals surface area contributed by atoms with Crippen molar-refractivity contribution in [2.75, 3.05) is 16.4 Å². The molecule has 0 unspecified atom stereocenters. The molecule has 0 aliphatic rings. The number of hydrogen-bond donors (Lipinski definition) is 3. The molecule has 3 aromatic carbocycles. The Morgan fingerprint density at radius 2 is 1.66 bits per heavy atom. The minimum atomic E-state index is -0.476. The maximum atomic E-state index is 13.4. The van der Waals surface area contributed by atoms with E-state index >= 15 is 0 Å². The van der Waals surface area contributed by atoms with Gasteiger partial charge in [0.15, 0.2) is 0 Å². The van der Waals surface area contributed by atoms with Crippen LogP contribution in [0.15, 0.2) is 108 Å². The Morgan fingerprint density at radius 1 is 0.902 bits per heavy atom. The fraction of sp³-hybridized carbons (Fsp3) is 0.125. The summed E-state index contributed by atoms with van der Waals surface area (Å²) >= 11 is 7.15. The molecule has 4 rings (SSSR count). The van der Waals surface area contributed by atoms with E-state index in [9.17, 15) is 14.4 Å². The molecule has 0 aliphatic carbocycles. The summed E-state index contributed by atoms with van der Waals surface area (Å²) in [6.45, 7) is 4.22. The van der Waals surface area contributed by atoms with Crippen LogP contribution in [0.5, 0.6) is 0 Å². The molecule has 7 nitrogen and oxygen atoms in total. The number of rotatable bonds is 10. The summed E-state index contributed by atoms with van der Waals surface area (Å²) in [4.78, 5) is 43.5. The van der Waals surface area contributed by atoms with Crippen molar-refractivity contribution in [3.05, 3.63) is 125 Å². The van der Waals surface area contributed by atoms with Crippen molar-refractivity contribution < 1.29 is 14.4 Å². The van der Waals surface area contributed by atoms with E-state index in [2.05, 4.69) is 34.8 Å². The summed E-state index contributed by atoms with van der Waals surface area (Å²) in [5, 5.41) is 8.82. The lowest BCUT2D eigenvalue weighted by Crippen LogP contribution is -2.30. The molecule has 0 spiro atoms. The maximum absolute atomic E-state index is 13.4. The molecule has 0 fully saturated rings. The second-order valence-electron chi connectivity index (χ2n) is 9.38.